The summed E-state index contributed by atoms with van der Waals surface area (Å²) in [6, 6.07) is 0. The van der Waals surface area contributed by atoms with Crippen LogP contribution in [0.4, 0.5) is 0 Å². The molecule has 3 atom stereocenters. The third-order valence-corrected chi connectivity index (χ3v) is 4.27. The van der Waals surface area contributed by atoms with Crippen LogP contribution in [0.1, 0.15) is 92.4 Å². The Balaban J connectivity index is 3.37. The minimum Gasteiger partial charge on any atom is -0.0654 e. The predicted molar refractivity (Wildman–Crippen MR) is 80.4 cm³/mol. The van der Waals surface area contributed by atoms with E-state index >= 15 is 0 Å². The number of hydrogen-bond acceptors (Lipinski definition) is 0. The molecule has 0 N–H and O–H groups in total. The molecular weight excluding hydrogens is 204 g/mol. The zero-order chi connectivity index (χ0) is 13.1. The number of unbranched alkanes of at least 4 members (excludes halogenated alkanes) is 1. The zero-order valence-corrected chi connectivity index (χ0v) is 13.1. The van der Waals surface area contributed by atoms with Crippen LogP contribution >= 0.6 is 0 Å². The van der Waals surface area contributed by atoms with Gasteiger partial charge in [-0.15, -0.1) is 0 Å². The van der Waals surface area contributed by atoms with Crippen LogP contribution in [-0.4, -0.2) is 0 Å². The first-order chi connectivity index (χ1) is 8.10. The molecule has 0 aliphatic heterocycles. The zero-order valence-electron chi connectivity index (χ0n) is 13.1. The molecule has 0 rings (SSSR count). The Morgan fingerprint density at radius 2 is 1.06 bits per heavy atom. The Kier molecular flexibility index (Phi) is 11.1. The first-order valence-corrected chi connectivity index (χ1v) is 8.10. The SMILES string of the molecule is CCCC(C)CCC(C)CCCCC(C)CC. The van der Waals surface area contributed by atoms with Crippen molar-refractivity contribution < 1.29 is 0 Å². The van der Waals surface area contributed by atoms with E-state index in [1.807, 2.05) is 0 Å². The van der Waals surface area contributed by atoms with Gasteiger partial charge in [-0.1, -0.05) is 92.4 Å². The van der Waals surface area contributed by atoms with Crippen molar-refractivity contribution in [3.05, 3.63) is 0 Å². The molecule has 0 aliphatic carbocycles. The van der Waals surface area contributed by atoms with Crippen LogP contribution in [0.2, 0.25) is 0 Å². The molecular formula is C17H36. The second-order valence-corrected chi connectivity index (χ2v) is 6.37. The maximum absolute atomic E-state index is 2.45. The van der Waals surface area contributed by atoms with E-state index in [0.29, 0.717) is 0 Å². The highest BCUT2D eigenvalue weighted by atomic mass is 14.1. The van der Waals surface area contributed by atoms with E-state index in [1.54, 1.807) is 0 Å². The fourth-order valence-electron chi connectivity index (χ4n) is 2.54. The van der Waals surface area contributed by atoms with Gasteiger partial charge < -0.3 is 0 Å². The Bertz CT molecular complexity index is 150. The second kappa shape index (κ2) is 11.1. The molecule has 0 aromatic rings. The molecule has 0 saturated carbocycles. The lowest BCUT2D eigenvalue weighted by molar-refractivity contribution is 0.378. The van der Waals surface area contributed by atoms with E-state index in [-0.39, 0.29) is 0 Å². The van der Waals surface area contributed by atoms with Crippen molar-refractivity contribution in [2.24, 2.45) is 17.8 Å². The van der Waals surface area contributed by atoms with Crippen LogP contribution in [0.15, 0.2) is 0 Å². The van der Waals surface area contributed by atoms with Gasteiger partial charge in [0.1, 0.15) is 0 Å². The summed E-state index contributed by atoms with van der Waals surface area (Å²) in [4.78, 5) is 0. The Labute approximate surface area is 111 Å². The van der Waals surface area contributed by atoms with Gasteiger partial charge in [-0.25, -0.2) is 0 Å². The highest BCUT2D eigenvalue weighted by Crippen LogP contribution is 2.21. The predicted octanol–water partition coefficient (Wildman–Crippen LogP) is 6.45. The normalized spacial score (nSPS) is 16.8. The number of hydrogen-bond donors (Lipinski definition) is 0. The Morgan fingerprint density at radius 3 is 1.53 bits per heavy atom. The smallest absolute Gasteiger partial charge is 0.0443 e. The second-order valence-electron chi connectivity index (χ2n) is 6.37. The van der Waals surface area contributed by atoms with Crippen molar-refractivity contribution in [3.8, 4) is 0 Å². The largest absolute Gasteiger partial charge is 0.0654 e. The van der Waals surface area contributed by atoms with Crippen molar-refractivity contribution in [2.75, 3.05) is 0 Å². The number of rotatable bonds is 11. The standard InChI is InChI=1S/C17H36/c1-6-10-16(4)13-14-17(5)12-9-8-11-15(3)7-2/h15-17H,6-14H2,1-5H3. The average Bonchev–Trinajstić information content (AvgIpc) is 2.32. The highest BCUT2D eigenvalue weighted by molar-refractivity contribution is 4.59. The third-order valence-electron chi connectivity index (χ3n) is 4.27. The van der Waals surface area contributed by atoms with Crippen LogP contribution in [0.3, 0.4) is 0 Å². The molecule has 0 heteroatoms. The molecule has 17 heavy (non-hydrogen) atoms. The summed E-state index contributed by atoms with van der Waals surface area (Å²) in [5.74, 6) is 2.84. The summed E-state index contributed by atoms with van der Waals surface area (Å²) < 4.78 is 0. The van der Waals surface area contributed by atoms with Gasteiger partial charge in [-0.05, 0) is 17.8 Å². The lowest BCUT2D eigenvalue weighted by atomic mass is 9.91. The quantitative estimate of drug-likeness (QED) is 0.364. The van der Waals surface area contributed by atoms with Gasteiger partial charge in [-0.2, -0.15) is 0 Å². The first kappa shape index (κ1) is 17.0. The minimum atomic E-state index is 0.940. The summed E-state index contributed by atoms with van der Waals surface area (Å²) in [6.07, 6.45) is 12.8. The van der Waals surface area contributed by atoms with E-state index in [4.69, 9.17) is 0 Å². The molecule has 0 radical (unpaired) electrons. The Morgan fingerprint density at radius 1 is 0.588 bits per heavy atom. The van der Waals surface area contributed by atoms with Crippen LogP contribution in [0, 0.1) is 17.8 Å². The van der Waals surface area contributed by atoms with Crippen LogP contribution in [0.5, 0.6) is 0 Å². The van der Waals surface area contributed by atoms with Crippen molar-refractivity contribution in [3.63, 3.8) is 0 Å². The summed E-state index contributed by atoms with van der Waals surface area (Å²) in [5, 5.41) is 0. The summed E-state index contributed by atoms with van der Waals surface area (Å²) in [6.45, 7) is 11.9. The molecule has 0 saturated heterocycles. The molecule has 0 spiro atoms. The monoisotopic (exact) mass is 240 g/mol. The highest BCUT2D eigenvalue weighted by Gasteiger charge is 2.06. The van der Waals surface area contributed by atoms with Crippen LogP contribution in [-0.2, 0) is 0 Å². The molecule has 3 unspecified atom stereocenters. The maximum atomic E-state index is 2.45. The van der Waals surface area contributed by atoms with Gasteiger partial charge in [0, 0.05) is 0 Å². The van der Waals surface area contributed by atoms with Crippen molar-refractivity contribution in [1.29, 1.82) is 0 Å². The lowest BCUT2D eigenvalue weighted by Crippen LogP contribution is -2.01. The Hall–Kier alpha value is 0. The van der Waals surface area contributed by atoms with Gasteiger partial charge in [0.15, 0.2) is 0 Å². The van der Waals surface area contributed by atoms with E-state index < -0.39 is 0 Å². The molecule has 0 aliphatic rings. The van der Waals surface area contributed by atoms with E-state index in [1.165, 1.54) is 57.8 Å². The minimum absolute atomic E-state index is 0.940. The van der Waals surface area contributed by atoms with E-state index in [0.717, 1.165) is 17.8 Å². The summed E-state index contributed by atoms with van der Waals surface area (Å²) in [5.41, 5.74) is 0. The fraction of sp³-hybridized carbons (Fsp3) is 1.00. The molecule has 0 nitrogen and oxygen atoms in total. The lowest BCUT2D eigenvalue weighted by Gasteiger charge is -2.15. The van der Waals surface area contributed by atoms with E-state index in [9.17, 15) is 0 Å². The molecule has 0 heterocycles. The maximum Gasteiger partial charge on any atom is -0.0443 e. The summed E-state index contributed by atoms with van der Waals surface area (Å²) >= 11 is 0. The molecule has 0 aromatic carbocycles. The molecule has 0 aromatic heterocycles. The average molecular weight is 240 g/mol. The van der Waals surface area contributed by atoms with Gasteiger partial charge in [0.25, 0.3) is 0 Å². The molecule has 0 bridgehead atoms. The van der Waals surface area contributed by atoms with Gasteiger partial charge in [0.05, 0.1) is 0 Å². The topological polar surface area (TPSA) is 0 Å². The summed E-state index contributed by atoms with van der Waals surface area (Å²) in [7, 11) is 0. The van der Waals surface area contributed by atoms with Gasteiger partial charge in [0.2, 0.25) is 0 Å². The molecule has 104 valence electrons. The van der Waals surface area contributed by atoms with Crippen molar-refractivity contribution in [1.82, 2.24) is 0 Å². The van der Waals surface area contributed by atoms with Crippen molar-refractivity contribution >= 4 is 0 Å². The van der Waals surface area contributed by atoms with Crippen LogP contribution in [0.25, 0.3) is 0 Å². The van der Waals surface area contributed by atoms with Crippen LogP contribution < -0.4 is 0 Å². The molecule has 0 amide bonds. The van der Waals surface area contributed by atoms with Crippen molar-refractivity contribution in [2.45, 2.75) is 92.4 Å². The molecule has 0 fully saturated rings. The fourth-order valence-corrected chi connectivity index (χ4v) is 2.54. The van der Waals surface area contributed by atoms with Gasteiger partial charge in [-0.3, -0.25) is 0 Å². The van der Waals surface area contributed by atoms with E-state index in [2.05, 4.69) is 34.6 Å². The van der Waals surface area contributed by atoms with Gasteiger partial charge >= 0.3 is 0 Å². The first-order valence-electron chi connectivity index (χ1n) is 8.10. The third kappa shape index (κ3) is 10.9.